The van der Waals surface area contributed by atoms with Gasteiger partial charge in [0.25, 0.3) is 0 Å². The molecule has 0 nitrogen and oxygen atoms in total. The smallest absolute Gasteiger partial charge is 0.0253 e. The highest BCUT2D eigenvalue weighted by Crippen LogP contribution is 2.18. The van der Waals surface area contributed by atoms with Crippen LogP contribution in [0.3, 0.4) is 0 Å². The summed E-state index contributed by atoms with van der Waals surface area (Å²) in [4.78, 5) is 0. The van der Waals surface area contributed by atoms with Crippen LogP contribution in [0.5, 0.6) is 0 Å². The third-order valence-corrected chi connectivity index (χ3v) is 5.75. The van der Waals surface area contributed by atoms with E-state index in [9.17, 15) is 0 Å². The fourth-order valence-electron chi connectivity index (χ4n) is 4.11. The molecule has 0 heteroatoms. The lowest BCUT2D eigenvalue weighted by Crippen LogP contribution is -2.00. The summed E-state index contributed by atoms with van der Waals surface area (Å²) in [7, 11) is 0. The zero-order chi connectivity index (χ0) is 19.2. The van der Waals surface area contributed by atoms with Crippen molar-refractivity contribution in [3.63, 3.8) is 0 Å². The summed E-state index contributed by atoms with van der Waals surface area (Å²) in [6, 6.07) is 21.9. The van der Waals surface area contributed by atoms with Gasteiger partial charge in [-0.3, -0.25) is 0 Å². The predicted molar refractivity (Wildman–Crippen MR) is 120 cm³/mol. The lowest BCUT2D eigenvalue weighted by molar-refractivity contribution is 0.464. The second-order valence-corrected chi connectivity index (χ2v) is 8.64. The number of hydrogen-bond acceptors (Lipinski definition) is 0. The second-order valence-electron chi connectivity index (χ2n) is 8.64. The van der Waals surface area contributed by atoms with Crippen molar-refractivity contribution >= 4 is 0 Å². The van der Waals surface area contributed by atoms with Gasteiger partial charge in [-0.1, -0.05) is 132 Å². The van der Waals surface area contributed by atoms with Crippen LogP contribution in [-0.2, 0) is 12.8 Å². The Hall–Kier alpha value is -1.56. The maximum Gasteiger partial charge on any atom is -0.0253 e. The second kappa shape index (κ2) is 13.6. The first kappa shape index (κ1) is 21.7. The summed E-state index contributed by atoms with van der Waals surface area (Å²) < 4.78 is 0. The summed E-state index contributed by atoms with van der Waals surface area (Å²) in [5.41, 5.74) is 2.98. The first-order valence-corrected chi connectivity index (χ1v) is 11.3. The Kier molecular flexibility index (Phi) is 10.9. The Morgan fingerprint density at radius 2 is 0.815 bits per heavy atom. The number of rotatable bonds is 14. The van der Waals surface area contributed by atoms with Crippen LogP contribution >= 0.6 is 0 Å². The highest BCUT2D eigenvalue weighted by Gasteiger charge is 2.04. The average Bonchev–Trinajstić information content (AvgIpc) is 2.68. The zero-order valence-electron chi connectivity index (χ0n) is 17.7. The largest absolute Gasteiger partial charge is 0.0622 e. The molecule has 0 N–H and O–H groups in total. The minimum atomic E-state index is 0.818. The molecular weight excluding hydrogens is 324 g/mol. The summed E-state index contributed by atoms with van der Waals surface area (Å²) in [5, 5.41) is 0. The molecular formula is C27H40. The van der Waals surface area contributed by atoms with Crippen LogP contribution in [0.15, 0.2) is 60.7 Å². The molecule has 0 unspecified atom stereocenters. The number of benzene rings is 2. The van der Waals surface area contributed by atoms with E-state index < -0.39 is 0 Å². The molecule has 0 aromatic heterocycles. The van der Waals surface area contributed by atoms with E-state index in [2.05, 4.69) is 74.5 Å². The Balaban J connectivity index is 1.39. The Morgan fingerprint density at radius 1 is 0.481 bits per heavy atom. The SMILES string of the molecule is C[C@@H](CCCCCCCCC[C@H](C)Cc1ccccc1)Cc1ccccc1. The first-order valence-electron chi connectivity index (χ1n) is 11.3. The molecule has 0 aliphatic heterocycles. The van der Waals surface area contributed by atoms with E-state index in [0.717, 1.165) is 11.8 Å². The van der Waals surface area contributed by atoms with E-state index in [0.29, 0.717) is 0 Å². The van der Waals surface area contributed by atoms with Gasteiger partial charge in [0.1, 0.15) is 0 Å². The fraction of sp³-hybridized carbons (Fsp3) is 0.556. The van der Waals surface area contributed by atoms with Crippen molar-refractivity contribution < 1.29 is 0 Å². The Labute approximate surface area is 168 Å². The molecule has 0 saturated carbocycles. The third kappa shape index (κ3) is 10.4. The maximum atomic E-state index is 2.41. The monoisotopic (exact) mass is 364 g/mol. The molecule has 0 fully saturated rings. The molecule has 0 saturated heterocycles. The molecule has 0 aliphatic rings. The van der Waals surface area contributed by atoms with Crippen molar-refractivity contribution in [1.82, 2.24) is 0 Å². The van der Waals surface area contributed by atoms with E-state index in [1.54, 1.807) is 0 Å². The van der Waals surface area contributed by atoms with Crippen molar-refractivity contribution in [2.24, 2.45) is 11.8 Å². The minimum absolute atomic E-state index is 0.818. The van der Waals surface area contributed by atoms with Gasteiger partial charge in [-0.2, -0.15) is 0 Å². The predicted octanol–water partition coefficient (Wildman–Crippen LogP) is 8.25. The van der Waals surface area contributed by atoms with Crippen LogP contribution in [0.1, 0.15) is 82.8 Å². The molecule has 27 heavy (non-hydrogen) atoms. The van der Waals surface area contributed by atoms with Crippen molar-refractivity contribution in [2.45, 2.75) is 84.5 Å². The van der Waals surface area contributed by atoms with E-state index >= 15 is 0 Å². The van der Waals surface area contributed by atoms with Crippen molar-refractivity contribution in [3.8, 4) is 0 Å². The van der Waals surface area contributed by atoms with Gasteiger partial charge in [-0.15, -0.1) is 0 Å². The van der Waals surface area contributed by atoms with Gasteiger partial charge >= 0.3 is 0 Å². The van der Waals surface area contributed by atoms with Crippen molar-refractivity contribution in [3.05, 3.63) is 71.8 Å². The maximum absolute atomic E-state index is 2.41. The van der Waals surface area contributed by atoms with Crippen LogP contribution < -0.4 is 0 Å². The summed E-state index contributed by atoms with van der Waals surface area (Å²) in [5.74, 6) is 1.64. The van der Waals surface area contributed by atoms with E-state index in [1.807, 2.05) is 0 Å². The molecule has 2 aromatic carbocycles. The standard InChI is InChI=1S/C27H40/c1-24(22-26-18-12-8-13-19-26)16-10-6-4-3-5-7-11-17-25(2)23-27-20-14-9-15-21-27/h8-9,12-15,18-21,24-25H,3-7,10-11,16-17,22-23H2,1-2H3/t24-,25-/m0/s1. The van der Waals surface area contributed by atoms with Gasteiger partial charge in [0.15, 0.2) is 0 Å². The summed E-state index contributed by atoms with van der Waals surface area (Å²) >= 11 is 0. The van der Waals surface area contributed by atoms with Crippen molar-refractivity contribution in [2.75, 3.05) is 0 Å². The van der Waals surface area contributed by atoms with Crippen LogP contribution in [-0.4, -0.2) is 0 Å². The lowest BCUT2D eigenvalue weighted by atomic mass is 9.94. The molecule has 2 atom stereocenters. The topological polar surface area (TPSA) is 0 Å². The molecule has 0 bridgehead atoms. The van der Waals surface area contributed by atoms with E-state index in [-0.39, 0.29) is 0 Å². The summed E-state index contributed by atoms with van der Waals surface area (Å²) in [6.45, 7) is 4.81. The quantitative estimate of drug-likeness (QED) is 0.296. The van der Waals surface area contributed by atoms with E-state index in [1.165, 1.54) is 81.8 Å². The molecule has 0 amide bonds. The lowest BCUT2D eigenvalue weighted by Gasteiger charge is -2.12. The van der Waals surface area contributed by atoms with Gasteiger partial charge in [0, 0.05) is 0 Å². The molecule has 2 aromatic rings. The molecule has 148 valence electrons. The molecule has 0 spiro atoms. The third-order valence-electron chi connectivity index (χ3n) is 5.75. The average molecular weight is 365 g/mol. The highest BCUT2D eigenvalue weighted by atomic mass is 14.1. The zero-order valence-corrected chi connectivity index (χ0v) is 17.7. The Bertz CT molecular complexity index is 518. The molecule has 0 radical (unpaired) electrons. The van der Waals surface area contributed by atoms with Crippen LogP contribution in [0, 0.1) is 11.8 Å². The van der Waals surface area contributed by atoms with E-state index in [4.69, 9.17) is 0 Å². The van der Waals surface area contributed by atoms with Gasteiger partial charge in [0.2, 0.25) is 0 Å². The Morgan fingerprint density at radius 3 is 1.19 bits per heavy atom. The van der Waals surface area contributed by atoms with Crippen LogP contribution in [0.4, 0.5) is 0 Å². The van der Waals surface area contributed by atoms with Gasteiger partial charge in [-0.25, -0.2) is 0 Å². The highest BCUT2D eigenvalue weighted by molar-refractivity contribution is 5.15. The summed E-state index contributed by atoms with van der Waals surface area (Å²) in [6.07, 6.45) is 15.2. The molecule has 0 aliphatic carbocycles. The first-order chi connectivity index (χ1) is 13.2. The van der Waals surface area contributed by atoms with Gasteiger partial charge in [-0.05, 0) is 35.8 Å². The minimum Gasteiger partial charge on any atom is -0.0622 e. The molecule has 0 heterocycles. The van der Waals surface area contributed by atoms with Crippen LogP contribution in [0.2, 0.25) is 0 Å². The fourth-order valence-corrected chi connectivity index (χ4v) is 4.11. The van der Waals surface area contributed by atoms with Gasteiger partial charge in [0.05, 0.1) is 0 Å². The number of unbranched alkanes of at least 4 members (excludes halogenated alkanes) is 6. The van der Waals surface area contributed by atoms with Crippen molar-refractivity contribution in [1.29, 1.82) is 0 Å². The van der Waals surface area contributed by atoms with Gasteiger partial charge < -0.3 is 0 Å². The normalized spacial score (nSPS) is 13.4. The number of hydrogen-bond donors (Lipinski definition) is 0. The molecule has 2 rings (SSSR count). The van der Waals surface area contributed by atoms with Crippen LogP contribution in [0.25, 0.3) is 0 Å².